The van der Waals surface area contributed by atoms with Crippen molar-refractivity contribution in [2.45, 2.75) is 39.2 Å². The monoisotopic (exact) mass is 270 g/mol. The Kier molecular flexibility index (Phi) is 4.29. The van der Waals surface area contributed by atoms with E-state index in [0.717, 1.165) is 12.8 Å². The van der Waals surface area contributed by atoms with Crippen molar-refractivity contribution in [3.05, 3.63) is 34.6 Å². The summed E-state index contributed by atoms with van der Waals surface area (Å²) in [6.45, 7) is 4.44. The van der Waals surface area contributed by atoms with Gasteiger partial charge in [-0.1, -0.05) is 31.5 Å². The van der Waals surface area contributed by atoms with E-state index in [4.69, 9.17) is 11.6 Å². The Bertz CT molecular complexity index is 411. The Hall–Kier alpha value is -0.600. The smallest absolute Gasteiger partial charge is 0.142 e. The lowest BCUT2D eigenvalue weighted by molar-refractivity contribution is 0.0550. The summed E-state index contributed by atoms with van der Waals surface area (Å²) < 4.78 is 13.4. The van der Waals surface area contributed by atoms with Crippen LogP contribution >= 0.6 is 11.6 Å². The molecular weight excluding hydrogens is 251 g/mol. The van der Waals surface area contributed by atoms with Gasteiger partial charge in [0.15, 0.2) is 0 Å². The van der Waals surface area contributed by atoms with Crippen LogP contribution in [0.2, 0.25) is 5.02 Å². The van der Waals surface area contributed by atoms with E-state index < -0.39 is 11.9 Å². The van der Waals surface area contributed by atoms with E-state index in [0.29, 0.717) is 17.4 Å². The van der Waals surface area contributed by atoms with Crippen molar-refractivity contribution in [1.29, 1.82) is 0 Å². The molecular formula is C15H20ClFO. The van der Waals surface area contributed by atoms with Gasteiger partial charge in [-0.15, -0.1) is 0 Å². The van der Waals surface area contributed by atoms with Crippen LogP contribution in [0.3, 0.4) is 0 Å². The Morgan fingerprint density at radius 3 is 2.39 bits per heavy atom. The zero-order valence-corrected chi connectivity index (χ0v) is 11.6. The van der Waals surface area contributed by atoms with Crippen molar-refractivity contribution in [2.75, 3.05) is 0 Å². The summed E-state index contributed by atoms with van der Waals surface area (Å²) in [4.78, 5) is 0. The summed E-state index contributed by atoms with van der Waals surface area (Å²) in [6.07, 6.45) is 2.66. The summed E-state index contributed by atoms with van der Waals surface area (Å²) in [5.74, 6) is 1.03. The molecule has 0 radical (unpaired) electrons. The minimum atomic E-state index is -0.582. The summed E-state index contributed by atoms with van der Waals surface area (Å²) in [5, 5.41) is 10.5. The molecule has 0 aromatic heterocycles. The van der Waals surface area contributed by atoms with Crippen molar-refractivity contribution in [3.8, 4) is 0 Å². The van der Waals surface area contributed by atoms with E-state index >= 15 is 0 Å². The number of rotatable bonds is 2. The van der Waals surface area contributed by atoms with Crippen LogP contribution < -0.4 is 0 Å². The lowest BCUT2D eigenvalue weighted by Gasteiger charge is -2.34. The molecule has 1 saturated carbocycles. The van der Waals surface area contributed by atoms with Crippen molar-refractivity contribution < 1.29 is 9.50 Å². The molecule has 1 aromatic carbocycles. The van der Waals surface area contributed by atoms with Gasteiger partial charge in [-0.3, -0.25) is 0 Å². The molecule has 3 atom stereocenters. The largest absolute Gasteiger partial charge is 0.388 e. The summed E-state index contributed by atoms with van der Waals surface area (Å²) in [6, 6.07) is 4.60. The fourth-order valence-corrected chi connectivity index (χ4v) is 3.35. The Morgan fingerprint density at radius 2 is 1.83 bits per heavy atom. The molecule has 0 saturated heterocycles. The van der Waals surface area contributed by atoms with E-state index in [1.165, 1.54) is 18.6 Å². The average Bonchev–Trinajstić information content (AvgIpc) is 2.30. The molecule has 1 N–H and O–H groups in total. The topological polar surface area (TPSA) is 20.2 Å². The zero-order valence-electron chi connectivity index (χ0n) is 10.9. The van der Waals surface area contributed by atoms with E-state index in [1.54, 1.807) is 6.07 Å². The second kappa shape index (κ2) is 5.58. The highest BCUT2D eigenvalue weighted by Crippen LogP contribution is 2.40. The first-order valence-electron chi connectivity index (χ1n) is 6.60. The second-order valence-corrected chi connectivity index (χ2v) is 6.20. The van der Waals surface area contributed by atoms with Crippen LogP contribution in [0.1, 0.15) is 44.8 Å². The molecule has 1 fully saturated rings. The highest BCUT2D eigenvalue weighted by atomic mass is 35.5. The van der Waals surface area contributed by atoms with Gasteiger partial charge >= 0.3 is 0 Å². The maximum absolute atomic E-state index is 13.4. The third kappa shape index (κ3) is 3.04. The third-order valence-electron chi connectivity index (χ3n) is 3.95. The number of benzene rings is 1. The highest BCUT2D eigenvalue weighted by Gasteiger charge is 2.30. The van der Waals surface area contributed by atoms with E-state index in [-0.39, 0.29) is 10.9 Å². The fourth-order valence-electron chi connectivity index (χ4n) is 3.24. The molecule has 0 spiro atoms. The highest BCUT2D eigenvalue weighted by molar-refractivity contribution is 6.30. The molecule has 1 aliphatic rings. The predicted octanol–water partition coefficient (Wildman–Crippen LogP) is 4.58. The van der Waals surface area contributed by atoms with Gasteiger partial charge in [0.25, 0.3) is 0 Å². The quantitative estimate of drug-likeness (QED) is 0.834. The standard InChI is InChI=1S/C15H20ClFO/c1-9-5-10(2)7-12(6-9)15(18)11-3-4-13(16)14(17)8-11/h3-4,8-10,12,15,18H,5-7H2,1-2H3. The summed E-state index contributed by atoms with van der Waals surface area (Å²) >= 11 is 5.66. The lowest BCUT2D eigenvalue weighted by Crippen LogP contribution is -2.24. The van der Waals surface area contributed by atoms with Gasteiger partial charge in [0, 0.05) is 0 Å². The molecule has 0 heterocycles. The number of halogens is 2. The fraction of sp³-hybridized carbons (Fsp3) is 0.600. The van der Waals surface area contributed by atoms with Gasteiger partial charge in [0.2, 0.25) is 0 Å². The van der Waals surface area contributed by atoms with Gasteiger partial charge in [0.05, 0.1) is 11.1 Å². The predicted molar refractivity (Wildman–Crippen MR) is 72.0 cm³/mol. The number of aliphatic hydroxyl groups is 1. The molecule has 3 unspecified atom stereocenters. The average molecular weight is 271 g/mol. The van der Waals surface area contributed by atoms with Crippen LogP contribution in [0.5, 0.6) is 0 Å². The van der Waals surface area contributed by atoms with Crippen LogP contribution in [0.15, 0.2) is 18.2 Å². The summed E-state index contributed by atoms with van der Waals surface area (Å²) in [7, 11) is 0. The molecule has 3 heteroatoms. The second-order valence-electron chi connectivity index (χ2n) is 5.80. The number of hydrogen-bond acceptors (Lipinski definition) is 1. The van der Waals surface area contributed by atoms with Crippen molar-refractivity contribution in [3.63, 3.8) is 0 Å². The van der Waals surface area contributed by atoms with Crippen LogP contribution in [0.25, 0.3) is 0 Å². The van der Waals surface area contributed by atoms with Gasteiger partial charge in [-0.05, 0) is 54.7 Å². The molecule has 1 aliphatic carbocycles. The van der Waals surface area contributed by atoms with Crippen LogP contribution in [-0.2, 0) is 0 Å². The number of aliphatic hydroxyl groups excluding tert-OH is 1. The molecule has 1 aromatic rings. The first kappa shape index (κ1) is 13.8. The third-order valence-corrected chi connectivity index (χ3v) is 4.25. The van der Waals surface area contributed by atoms with Crippen molar-refractivity contribution in [2.24, 2.45) is 17.8 Å². The molecule has 18 heavy (non-hydrogen) atoms. The van der Waals surface area contributed by atoms with Crippen LogP contribution in [0, 0.1) is 23.6 Å². The first-order chi connectivity index (χ1) is 8.47. The van der Waals surface area contributed by atoms with Gasteiger partial charge in [0.1, 0.15) is 5.82 Å². The molecule has 2 rings (SSSR count). The maximum atomic E-state index is 13.4. The molecule has 0 amide bonds. The maximum Gasteiger partial charge on any atom is 0.142 e. The van der Waals surface area contributed by atoms with Crippen molar-refractivity contribution in [1.82, 2.24) is 0 Å². The lowest BCUT2D eigenvalue weighted by atomic mass is 9.73. The van der Waals surface area contributed by atoms with E-state index in [2.05, 4.69) is 13.8 Å². The molecule has 0 bridgehead atoms. The first-order valence-corrected chi connectivity index (χ1v) is 6.98. The van der Waals surface area contributed by atoms with E-state index in [9.17, 15) is 9.50 Å². The van der Waals surface area contributed by atoms with Crippen LogP contribution in [0.4, 0.5) is 4.39 Å². The van der Waals surface area contributed by atoms with Gasteiger partial charge < -0.3 is 5.11 Å². The minimum Gasteiger partial charge on any atom is -0.388 e. The Labute approximate surface area is 113 Å². The molecule has 1 nitrogen and oxygen atoms in total. The molecule has 0 aliphatic heterocycles. The van der Waals surface area contributed by atoms with E-state index in [1.807, 2.05) is 0 Å². The SMILES string of the molecule is CC1CC(C)CC(C(O)c2ccc(Cl)c(F)c2)C1. The minimum absolute atomic E-state index is 0.108. The van der Waals surface area contributed by atoms with Gasteiger partial charge in [-0.25, -0.2) is 4.39 Å². The zero-order chi connectivity index (χ0) is 13.3. The van der Waals surface area contributed by atoms with Crippen molar-refractivity contribution >= 4 is 11.6 Å². The Balaban J connectivity index is 2.14. The summed E-state index contributed by atoms with van der Waals surface area (Å²) in [5.41, 5.74) is 0.642. The van der Waals surface area contributed by atoms with Gasteiger partial charge in [-0.2, -0.15) is 0 Å². The number of hydrogen-bond donors (Lipinski definition) is 1. The van der Waals surface area contributed by atoms with Crippen LogP contribution in [-0.4, -0.2) is 5.11 Å². The molecule has 100 valence electrons. The Morgan fingerprint density at radius 1 is 1.22 bits per heavy atom. The normalized spacial score (nSPS) is 30.2.